The third-order valence-electron chi connectivity index (χ3n) is 4.19. The average molecular weight is 334 g/mol. The smallest absolute Gasteiger partial charge is 0.292 e. The Hall–Kier alpha value is -2.41. The van der Waals surface area contributed by atoms with Gasteiger partial charge in [-0.3, -0.25) is 4.79 Å². The zero-order chi connectivity index (χ0) is 17.2. The van der Waals surface area contributed by atoms with E-state index in [0.29, 0.717) is 31.0 Å². The summed E-state index contributed by atoms with van der Waals surface area (Å²) < 4.78 is 29.3. The second-order valence-electron chi connectivity index (χ2n) is 5.94. The molecule has 1 unspecified atom stereocenters. The molecule has 1 saturated heterocycles. The van der Waals surface area contributed by atoms with Gasteiger partial charge < -0.3 is 18.9 Å². The number of nitrogens with zero attached hydrogens (tertiary/aromatic N) is 2. The van der Waals surface area contributed by atoms with Crippen LogP contribution in [0.3, 0.4) is 0 Å². The Bertz CT molecular complexity index is 716. The highest BCUT2D eigenvalue weighted by Crippen LogP contribution is 2.27. The Kier molecular flexibility index (Phi) is 4.53. The molecule has 0 bridgehead atoms. The van der Waals surface area contributed by atoms with Crippen molar-refractivity contribution in [3.8, 4) is 5.75 Å². The number of carbonyl (C=O) groups excluding carboxylic acids is 1. The molecule has 0 N–H and O–H groups in total. The number of ether oxygens (including phenoxy) is 2. The molecule has 1 fully saturated rings. The lowest BCUT2D eigenvalue weighted by atomic mass is 10.0. The second kappa shape index (κ2) is 6.60. The van der Waals surface area contributed by atoms with Crippen molar-refractivity contribution < 1.29 is 23.2 Å². The summed E-state index contributed by atoms with van der Waals surface area (Å²) in [4.78, 5) is 14.1. The molecule has 6 nitrogen and oxygen atoms in total. The van der Waals surface area contributed by atoms with Crippen LogP contribution in [0.15, 0.2) is 34.9 Å². The van der Waals surface area contributed by atoms with Crippen molar-refractivity contribution in [2.75, 3.05) is 26.8 Å². The lowest BCUT2D eigenvalue weighted by molar-refractivity contribution is -0.0344. The van der Waals surface area contributed by atoms with Crippen LogP contribution in [0, 0.1) is 12.7 Å². The minimum atomic E-state index is -0.598. The second-order valence-corrected chi connectivity index (χ2v) is 5.94. The zero-order valence-corrected chi connectivity index (χ0v) is 13.6. The van der Waals surface area contributed by atoms with Crippen LogP contribution in [-0.4, -0.2) is 48.4 Å². The van der Waals surface area contributed by atoms with Crippen LogP contribution in [0.2, 0.25) is 0 Å². The van der Waals surface area contributed by atoms with Gasteiger partial charge in [-0.2, -0.15) is 0 Å². The number of aromatic nitrogens is 1. The van der Waals surface area contributed by atoms with Gasteiger partial charge in [0, 0.05) is 19.7 Å². The standard InChI is InChI=1S/C17H19FN2O4/c1-12-9-15(24-19-12)16(21)20-8-7-17(10-20,22-2)11-23-14-5-3-13(18)4-6-14/h3-6,9H,7-8,10-11H2,1-2H3. The van der Waals surface area contributed by atoms with Gasteiger partial charge in [-0.15, -0.1) is 0 Å². The van der Waals surface area contributed by atoms with E-state index >= 15 is 0 Å². The molecule has 128 valence electrons. The van der Waals surface area contributed by atoms with E-state index in [1.807, 2.05) is 0 Å². The van der Waals surface area contributed by atoms with Crippen LogP contribution in [0.5, 0.6) is 5.75 Å². The molecule has 1 amide bonds. The Labute approximate surface area is 139 Å². The van der Waals surface area contributed by atoms with E-state index in [0.717, 1.165) is 0 Å². The fourth-order valence-corrected chi connectivity index (χ4v) is 2.73. The minimum absolute atomic E-state index is 0.212. The molecule has 1 aliphatic rings. The molecule has 0 radical (unpaired) electrons. The number of carbonyl (C=O) groups is 1. The fourth-order valence-electron chi connectivity index (χ4n) is 2.73. The van der Waals surface area contributed by atoms with Crippen molar-refractivity contribution in [1.82, 2.24) is 10.1 Å². The number of rotatable bonds is 5. The van der Waals surface area contributed by atoms with Gasteiger partial charge in [-0.05, 0) is 37.6 Å². The summed E-state index contributed by atoms with van der Waals surface area (Å²) in [5, 5.41) is 3.74. The highest BCUT2D eigenvalue weighted by Gasteiger charge is 2.42. The average Bonchev–Trinajstić information content (AvgIpc) is 3.21. The van der Waals surface area contributed by atoms with Crippen LogP contribution in [0.25, 0.3) is 0 Å². The SMILES string of the molecule is COC1(COc2ccc(F)cc2)CCN(C(=O)c2cc(C)no2)C1. The maximum atomic E-state index is 12.9. The van der Waals surface area contributed by atoms with Crippen LogP contribution in [-0.2, 0) is 4.74 Å². The predicted molar refractivity (Wildman–Crippen MR) is 83.4 cm³/mol. The van der Waals surface area contributed by atoms with Crippen molar-refractivity contribution in [2.45, 2.75) is 18.9 Å². The molecule has 7 heteroatoms. The van der Waals surface area contributed by atoms with Crippen LogP contribution in [0.4, 0.5) is 4.39 Å². The Balaban J connectivity index is 1.64. The number of methoxy groups -OCH3 is 1. The molecule has 1 aromatic heterocycles. The van der Waals surface area contributed by atoms with Crippen molar-refractivity contribution >= 4 is 5.91 Å². The predicted octanol–water partition coefficient (Wildman–Crippen LogP) is 2.43. The highest BCUT2D eigenvalue weighted by atomic mass is 19.1. The minimum Gasteiger partial charge on any atom is -0.491 e. The Morgan fingerprint density at radius 3 is 2.79 bits per heavy atom. The molecule has 2 aromatic rings. The summed E-state index contributed by atoms with van der Waals surface area (Å²) in [6, 6.07) is 7.42. The van der Waals surface area contributed by atoms with Gasteiger partial charge in [0.1, 0.15) is 23.8 Å². The molecule has 2 heterocycles. The fraction of sp³-hybridized carbons (Fsp3) is 0.412. The van der Waals surface area contributed by atoms with Gasteiger partial charge >= 0.3 is 0 Å². The molecule has 0 spiro atoms. The normalized spacial score (nSPS) is 20.4. The summed E-state index contributed by atoms with van der Waals surface area (Å²) in [6.45, 7) is 2.97. The van der Waals surface area contributed by atoms with Gasteiger partial charge in [0.2, 0.25) is 5.76 Å². The number of aryl methyl sites for hydroxylation is 1. The van der Waals surface area contributed by atoms with Gasteiger partial charge in [0.25, 0.3) is 5.91 Å². The topological polar surface area (TPSA) is 64.8 Å². The first-order valence-electron chi connectivity index (χ1n) is 7.67. The molecular formula is C17H19FN2O4. The van der Waals surface area contributed by atoms with E-state index < -0.39 is 5.60 Å². The maximum Gasteiger partial charge on any atom is 0.292 e. The lowest BCUT2D eigenvalue weighted by Crippen LogP contribution is -2.42. The Morgan fingerprint density at radius 2 is 2.17 bits per heavy atom. The summed E-state index contributed by atoms with van der Waals surface area (Å²) in [5.41, 5.74) is 0.0641. The van der Waals surface area contributed by atoms with Gasteiger partial charge in [-0.1, -0.05) is 5.16 Å². The summed E-state index contributed by atoms with van der Waals surface area (Å²) in [5.74, 6) is 0.252. The molecule has 0 saturated carbocycles. The van der Waals surface area contributed by atoms with Gasteiger partial charge in [-0.25, -0.2) is 4.39 Å². The van der Waals surface area contributed by atoms with Crippen LogP contribution in [0.1, 0.15) is 22.7 Å². The van der Waals surface area contributed by atoms with Crippen molar-refractivity contribution in [1.29, 1.82) is 0 Å². The largest absolute Gasteiger partial charge is 0.491 e. The van der Waals surface area contributed by atoms with E-state index in [1.165, 1.54) is 12.1 Å². The number of hydrogen-bond donors (Lipinski definition) is 0. The van der Waals surface area contributed by atoms with E-state index in [1.54, 1.807) is 37.1 Å². The molecule has 1 aliphatic heterocycles. The number of likely N-dealkylation sites (tertiary alicyclic amines) is 1. The monoisotopic (exact) mass is 334 g/mol. The maximum absolute atomic E-state index is 12.9. The van der Waals surface area contributed by atoms with Crippen LogP contribution >= 0.6 is 0 Å². The molecule has 1 atom stereocenters. The molecule has 3 rings (SSSR count). The first-order valence-corrected chi connectivity index (χ1v) is 7.67. The highest BCUT2D eigenvalue weighted by molar-refractivity contribution is 5.91. The van der Waals surface area contributed by atoms with E-state index in [2.05, 4.69) is 5.16 Å². The molecule has 0 aliphatic carbocycles. The van der Waals surface area contributed by atoms with Crippen molar-refractivity contribution in [2.24, 2.45) is 0 Å². The summed E-state index contributed by atoms with van der Waals surface area (Å²) in [6.07, 6.45) is 0.642. The molecular weight excluding hydrogens is 315 g/mol. The number of hydrogen-bond acceptors (Lipinski definition) is 5. The van der Waals surface area contributed by atoms with E-state index in [-0.39, 0.29) is 24.1 Å². The number of amides is 1. The third kappa shape index (κ3) is 3.41. The summed E-state index contributed by atoms with van der Waals surface area (Å²) in [7, 11) is 1.60. The van der Waals surface area contributed by atoms with Crippen molar-refractivity contribution in [3.05, 3.63) is 47.6 Å². The zero-order valence-electron chi connectivity index (χ0n) is 13.6. The van der Waals surface area contributed by atoms with E-state index in [4.69, 9.17) is 14.0 Å². The first kappa shape index (κ1) is 16.4. The first-order chi connectivity index (χ1) is 11.5. The van der Waals surface area contributed by atoms with Gasteiger partial charge in [0.15, 0.2) is 0 Å². The Morgan fingerprint density at radius 1 is 1.42 bits per heavy atom. The number of benzene rings is 1. The quantitative estimate of drug-likeness (QED) is 0.840. The molecule has 1 aromatic carbocycles. The summed E-state index contributed by atoms with van der Waals surface area (Å²) >= 11 is 0. The van der Waals surface area contributed by atoms with E-state index in [9.17, 15) is 9.18 Å². The van der Waals surface area contributed by atoms with Crippen LogP contribution < -0.4 is 4.74 Å². The van der Waals surface area contributed by atoms with Gasteiger partial charge in [0.05, 0.1) is 12.2 Å². The molecule has 24 heavy (non-hydrogen) atoms. The number of halogens is 1. The lowest BCUT2D eigenvalue weighted by Gasteiger charge is -2.27. The third-order valence-corrected chi connectivity index (χ3v) is 4.19. The van der Waals surface area contributed by atoms with Crippen molar-refractivity contribution in [3.63, 3.8) is 0 Å².